The van der Waals surface area contributed by atoms with E-state index in [1.165, 1.54) is 12.5 Å². The molecule has 0 bridgehead atoms. The van der Waals surface area contributed by atoms with Gasteiger partial charge in [-0.25, -0.2) is 9.67 Å². The molecule has 0 aliphatic heterocycles. The number of rotatable bonds is 2. The van der Waals surface area contributed by atoms with Gasteiger partial charge in [0.15, 0.2) is 0 Å². The summed E-state index contributed by atoms with van der Waals surface area (Å²) in [5.74, 6) is 0. The Morgan fingerprint density at radius 2 is 2.33 bits per heavy atom. The van der Waals surface area contributed by atoms with Crippen LogP contribution in [0.25, 0.3) is 5.69 Å². The van der Waals surface area contributed by atoms with Crippen LogP contribution in [0.15, 0.2) is 36.0 Å². The summed E-state index contributed by atoms with van der Waals surface area (Å²) in [5.41, 5.74) is 1.44. The van der Waals surface area contributed by atoms with Gasteiger partial charge >= 0.3 is 0 Å². The summed E-state index contributed by atoms with van der Waals surface area (Å²) in [7, 11) is 0. The Labute approximate surface area is 90.6 Å². The Morgan fingerprint density at radius 1 is 1.47 bits per heavy atom. The smallest absolute Gasteiger partial charge is 0.138 e. The van der Waals surface area contributed by atoms with Crippen LogP contribution in [0, 0.1) is 0 Å². The molecule has 0 amide bonds. The summed E-state index contributed by atoms with van der Waals surface area (Å²) >= 11 is 6.02. The van der Waals surface area contributed by atoms with Crippen molar-refractivity contribution in [2.45, 2.75) is 0 Å². The number of hydrogen-bond acceptors (Lipinski definition) is 4. The fourth-order valence-electron chi connectivity index (χ4n) is 1.19. The minimum Gasteiger partial charge on any atom is -0.411 e. The van der Waals surface area contributed by atoms with Gasteiger partial charge in [-0.3, -0.25) is 0 Å². The van der Waals surface area contributed by atoms with Gasteiger partial charge in [0.05, 0.1) is 16.9 Å². The number of hydrogen-bond donors (Lipinski definition) is 1. The highest BCUT2D eigenvalue weighted by molar-refractivity contribution is 6.32. The lowest BCUT2D eigenvalue weighted by Gasteiger charge is -2.03. The Balaban J connectivity index is 2.43. The highest BCUT2D eigenvalue weighted by atomic mass is 35.5. The molecule has 76 valence electrons. The van der Waals surface area contributed by atoms with E-state index >= 15 is 0 Å². The third-order valence-electron chi connectivity index (χ3n) is 1.84. The van der Waals surface area contributed by atoms with Crippen molar-refractivity contribution in [1.29, 1.82) is 0 Å². The van der Waals surface area contributed by atoms with Gasteiger partial charge in [0.25, 0.3) is 0 Å². The largest absolute Gasteiger partial charge is 0.411 e. The van der Waals surface area contributed by atoms with E-state index in [2.05, 4.69) is 15.2 Å². The fourth-order valence-corrected chi connectivity index (χ4v) is 1.46. The molecular formula is C9H7ClN4O. The van der Waals surface area contributed by atoms with Gasteiger partial charge in [-0.2, -0.15) is 5.10 Å². The maximum absolute atomic E-state index is 8.36. The van der Waals surface area contributed by atoms with Crippen molar-refractivity contribution in [2.75, 3.05) is 0 Å². The molecule has 2 rings (SSSR count). The van der Waals surface area contributed by atoms with Gasteiger partial charge in [0.1, 0.15) is 12.7 Å². The number of halogens is 1. The van der Waals surface area contributed by atoms with E-state index in [9.17, 15) is 0 Å². The number of aromatic nitrogens is 3. The minimum absolute atomic E-state index is 0.512. The zero-order valence-electron chi connectivity index (χ0n) is 7.58. The molecule has 0 aliphatic carbocycles. The molecule has 2 aromatic rings. The van der Waals surface area contributed by atoms with Crippen LogP contribution in [-0.4, -0.2) is 26.2 Å². The van der Waals surface area contributed by atoms with Crippen molar-refractivity contribution in [2.24, 2.45) is 5.16 Å². The number of nitrogens with zero attached hydrogens (tertiary/aromatic N) is 4. The van der Waals surface area contributed by atoms with E-state index in [4.69, 9.17) is 16.8 Å². The van der Waals surface area contributed by atoms with E-state index in [1.54, 1.807) is 29.2 Å². The molecule has 1 N–H and O–H groups in total. The van der Waals surface area contributed by atoms with Gasteiger partial charge in [-0.1, -0.05) is 22.8 Å². The van der Waals surface area contributed by atoms with Crippen molar-refractivity contribution < 1.29 is 5.21 Å². The van der Waals surface area contributed by atoms with Crippen molar-refractivity contribution in [1.82, 2.24) is 14.8 Å². The predicted octanol–water partition coefficient (Wildman–Crippen LogP) is 1.73. The molecule has 0 fully saturated rings. The first-order chi connectivity index (χ1) is 7.31. The molecule has 1 aromatic heterocycles. The molecule has 0 atom stereocenters. The third-order valence-corrected chi connectivity index (χ3v) is 2.15. The molecule has 0 aliphatic rings. The van der Waals surface area contributed by atoms with Crippen LogP contribution < -0.4 is 0 Å². The van der Waals surface area contributed by atoms with E-state index < -0.39 is 0 Å². The Hall–Kier alpha value is -1.88. The molecular weight excluding hydrogens is 216 g/mol. The van der Waals surface area contributed by atoms with Crippen molar-refractivity contribution in [3.05, 3.63) is 41.4 Å². The predicted molar refractivity (Wildman–Crippen MR) is 55.7 cm³/mol. The van der Waals surface area contributed by atoms with Gasteiger partial charge in [-0.15, -0.1) is 0 Å². The normalized spacial score (nSPS) is 11.0. The van der Waals surface area contributed by atoms with Gasteiger partial charge in [0.2, 0.25) is 0 Å². The average Bonchev–Trinajstić information content (AvgIpc) is 2.71. The maximum Gasteiger partial charge on any atom is 0.138 e. The van der Waals surface area contributed by atoms with E-state index in [-0.39, 0.29) is 0 Å². The van der Waals surface area contributed by atoms with Gasteiger partial charge < -0.3 is 5.21 Å². The van der Waals surface area contributed by atoms with Crippen LogP contribution in [0.4, 0.5) is 0 Å². The molecule has 0 unspecified atom stereocenters. The average molecular weight is 223 g/mol. The molecule has 0 spiro atoms. The van der Waals surface area contributed by atoms with Crippen LogP contribution in [0.2, 0.25) is 5.02 Å². The Bertz CT molecular complexity index is 481. The van der Waals surface area contributed by atoms with Crippen molar-refractivity contribution in [3.8, 4) is 5.69 Å². The first kappa shape index (κ1) is 9.67. The highest BCUT2D eigenvalue weighted by Gasteiger charge is 2.03. The first-order valence-electron chi connectivity index (χ1n) is 4.13. The van der Waals surface area contributed by atoms with Crippen LogP contribution in [0.3, 0.4) is 0 Å². The second-order valence-corrected chi connectivity index (χ2v) is 3.20. The van der Waals surface area contributed by atoms with Gasteiger partial charge in [0, 0.05) is 0 Å². The zero-order chi connectivity index (χ0) is 10.7. The SMILES string of the molecule is ON=Cc1ccc(-n2cncn2)c(Cl)c1. The summed E-state index contributed by atoms with van der Waals surface area (Å²) in [6.07, 6.45) is 4.29. The lowest BCUT2D eigenvalue weighted by Crippen LogP contribution is -1.96. The zero-order valence-corrected chi connectivity index (χ0v) is 8.33. The maximum atomic E-state index is 8.36. The molecule has 6 heteroatoms. The summed E-state index contributed by atoms with van der Waals surface area (Å²) < 4.78 is 1.56. The highest BCUT2D eigenvalue weighted by Crippen LogP contribution is 2.20. The van der Waals surface area contributed by atoms with Crippen LogP contribution in [-0.2, 0) is 0 Å². The Morgan fingerprint density at radius 3 is 2.93 bits per heavy atom. The van der Waals surface area contributed by atoms with Crippen molar-refractivity contribution in [3.63, 3.8) is 0 Å². The molecule has 15 heavy (non-hydrogen) atoms. The molecule has 0 saturated heterocycles. The minimum atomic E-state index is 0.512. The lowest BCUT2D eigenvalue weighted by molar-refractivity contribution is 0.322. The Kier molecular flexibility index (Phi) is 2.64. The fraction of sp³-hybridized carbons (Fsp3) is 0. The summed E-state index contributed by atoms with van der Waals surface area (Å²) in [5, 5.41) is 15.8. The molecule has 1 heterocycles. The topological polar surface area (TPSA) is 63.3 Å². The first-order valence-corrected chi connectivity index (χ1v) is 4.51. The summed E-state index contributed by atoms with van der Waals surface area (Å²) in [6, 6.07) is 5.22. The summed E-state index contributed by atoms with van der Waals surface area (Å²) in [4.78, 5) is 3.83. The molecule has 0 saturated carbocycles. The second-order valence-electron chi connectivity index (χ2n) is 2.80. The van der Waals surface area contributed by atoms with Crippen LogP contribution in [0.5, 0.6) is 0 Å². The van der Waals surface area contributed by atoms with E-state index in [1.807, 2.05) is 0 Å². The van der Waals surface area contributed by atoms with E-state index in [0.29, 0.717) is 10.6 Å². The molecule has 5 nitrogen and oxygen atoms in total. The molecule has 0 radical (unpaired) electrons. The van der Waals surface area contributed by atoms with Crippen molar-refractivity contribution >= 4 is 17.8 Å². The summed E-state index contributed by atoms with van der Waals surface area (Å²) in [6.45, 7) is 0. The van der Waals surface area contributed by atoms with Crippen LogP contribution in [0.1, 0.15) is 5.56 Å². The van der Waals surface area contributed by atoms with E-state index in [0.717, 1.165) is 5.69 Å². The second kappa shape index (κ2) is 4.10. The standard InChI is InChI=1S/C9H7ClN4O/c10-8-3-7(4-13-15)1-2-9(8)14-6-11-5-12-14/h1-6,15H. The van der Waals surface area contributed by atoms with Gasteiger partial charge in [-0.05, 0) is 17.7 Å². The quantitative estimate of drug-likeness (QED) is 0.478. The number of benzene rings is 1. The molecule has 1 aromatic carbocycles. The number of oxime groups is 1. The monoisotopic (exact) mass is 222 g/mol. The third kappa shape index (κ3) is 1.97. The lowest BCUT2D eigenvalue weighted by atomic mass is 10.2. The van der Waals surface area contributed by atoms with Crippen LogP contribution >= 0.6 is 11.6 Å².